The minimum atomic E-state index is -4.44. The molecule has 0 aliphatic carbocycles. The van der Waals surface area contributed by atoms with E-state index in [4.69, 9.17) is 4.74 Å². The molecule has 0 aromatic heterocycles. The minimum absolute atomic E-state index is 0.116. The Morgan fingerprint density at radius 1 is 1.32 bits per heavy atom. The highest BCUT2D eigenvalue weighted by Crippen LogP contribution is 2.36. The first-order chi connectivity index (χ1) is 11.9. The third-order valence-electron chi connectivity index (χ3n) is 4.47. The monoisotopic (exact) mass is 357 g/mol. The van der Waals surface area contributed by atoms with Crippen LogP contribution in [0.1, 0.15) is 24.8 Å². The highest BCUT2D eigenvalue weighted by Gasteiger charge is 2.32. The van der Waals surface area contributed by atoms with Gasteiger partial charge in [-0.05, 0) is 31.0 Å². The molecule has 3 rings (SSSR count). The van der Waals surface area contributed by atoms with Gasteiger partial charge in [-0.2, -0.15) is 13.2 Å². The summed E-state index contributed by atoms with van der Waals surface area (Å²) in [7, 11) is 0. The number of anilines is 2. The molecule has 0 bridgehead atoms. The zero-order chi connectivity index (χ0) is 17.9. The van der Waals surface area contributed by atoms with Gasteiger partial charge in [0.1, 0.15) is 0 Å². The van der Waals surface area contributed by atoms with Crippen molar-refractivity contribution >= 4 is 17.3 Å². The van der Waals surface area contributed by atoms with E-state index in [1.807, 2.05) is 4.90 Å². The zero-order valence-corrected chi connectivity index (χ0v) is 13.9. The zero-order valence-electron chi connectivity index (χ0n) is 13.9. The Labute approximate surface area is 144 Å². The van der Waals surface area contributed by atoms with E-state index in [1.54, 1.807) is 0 Å². The molecule has 0 saturated carbocycles. The lowest BCUT2D eigenvalue weighted by atomic mass is 10.1. The molecule has 2 aliphatic heterocycles. The maximum Gasteiger partial charge on any atom is 0.416 e. The molecule has 1 atom stereocenters. The van der Waals surface area contributed by atoms with Gasteiger partial charge in [-0.3, -0.25) is 4.79 Å². The van der Waals surface area contributed by atoms with Crippen molar-refractivity contribution in [3.8, 4) is 0 Å². The lowest BCUT2D eigenvalue weighted by Gasteiger charge is -2.25. The number of carbonyl (C=O) groups is 1. The van der Waals surface area contributed by atoms with E-state index in [1.165, 1.54) is 6.07 Å². The molecular formula is C17H22F3N3O2. The van der Waals surface area contributed by atoms with Crippen LogP contribution in [0.15, 0.2) is 18.2 Å². The average Bonchev–Trinajstić information content (AvgIpc) is 3.09. The first kappa shape index (κ1) is 18.0. The number of ether oxygens (including phenoxy) is 1. The molecule has 2 saturated heterocycles. The Hall–Kier alpha value is -1.80. The van der Waals surface area contributed by atoms with Crippen molar-refractivity contribution in [3.63, 3.8) is 0 Å². The lowest BCUT2D eigenvalue weighted by molar-refractivity contribution is -0.137. The van der Waals surface area contributed by atoms with Gasteiger partial charge in [-0.15, -0.1) is 0 Å². The van der Waals surface area contributed by atoms with Crippen LogP contribution in [0.4, 0.5) is 24.5 Å². The smallest absolute Gasteiger partial charge is 0.378 e. The standard InChI is InChI=1S/C17H22F3N3O2/c18-17(19,20)12-3-4-15(23-6-1-2-7-23)14(9-12)22-16(24)10-13-11-25-8-5-21-13/h3-4,9,13,21H,1-2,5-8,10-11H2,(H,22,24). The predicted molar refractivity (Wildman–Crippen MR) is 88.7 cm³/mol. The van der Waals surface area contributed by atoms with Crippen LogP contribution in [0, 0.1) is 0 Å². The van der Waals surface area contributed by atoms with E-state index < -0.39 is 11.7 Å². The van der Waals surface area contributed by atoms with Crippen molar-refractivity contribution in [1.29, 1.82) is 0 Å². The number of hydrogen-bond acceptors (Lipinski definition) is 4. The molecule has 2 heterocycles. The summed E-state index contributed by atoms with van der Waals surface area (Å²) >= 11 is 0. The molecule has 2 fully saturated rings. The van der Waals surface area contributed by atoms with Gasteiger partial charge >= 0.3 is 6.18 Å². The lowest BCUT2D eigenvalue weighted by Crippen LogP contribution is -2.43. The SMILES string of the molecule is O=C(CC1COCCN1)Nc1cc(C(F)(F)F)ccc1N1CCCC1. The van der Waals surface area contributed by atoms with Gasteiger partial charge in [-0.25, -0.2) is 0 Å². The molecule has 2 aliphatic rings. The molecule has 0 spiro atoms. The molecule has 138 valence electrons. The Morgan fingerprint density at radius 3 is 2.72 bits per heavy atom. The molecule has 1 aromatic carbocycles. The van der Waals surface area contributed by atoms with Crippen LogP contribution < -0.4 is 15.5 Å². The normalized spacial score (nSPS) is 21.4. The van der Waals surface area contributed by atoms with Crippen molar-refractivity contribution in [2.45, 2.75) is 31.5 Å². The molecule has 1 amide bonds. The summed E-state index contributed by atoms with van der Waals surface area (Å²) in [6.45, 7) is 3.26. The predicted octanol–water partition coefficient (Wildman–Crippen LogP) is 2.62. The van der Waals surface area contributed by atoms with Crippen LogP contribution in [0.25, 0.3) is 0 Å². The van der Waals surface area contributed by atoms with Gasteiger partial charge in [0, 0.05) is 32.1 Å². The average molecular weight is 357 g/mol. The van der Waals surface area contributed by atoms with E-state index >= 15 is 0 Å². The van der Waals surface area contributed by atoms with E-state index in [2.05, 4.69) is 10.6 Å². The molecule has 1 aromatic rings. The molecule has 1 unspecified atom stereocenters. The van der Waals surface area contributed by atoms with Crippen molar-refractivity contribution in [1.82, 2.24) is 5.32 Å². The molecular weight excluding hydrogens is 335 g/mol. The number of amides is 1. The molecule has 25 heavy (non-hydrogen) atoms. The second kappa shape index (κ2) is 7.61. The first-order valence-electron chi connectivity index (χ1n) is 8.50. The molecule has 2 N–H and O–H groups in total. The second-order valence-corrected chi connectivity index (χ2v) is 6.40. The van der Waals surface area contributed by atoms with Crippen LogP contribution in [0.2, 0.25) is 0 Å². The fourth-order valence-electron chi connectivity index (χ4n) is 3.22. The summed E-state index contributed by atoms with van der Waals surface area (Å²) in [5.41, 5.74) is 0.107. The van der Waals surface area contributed by atoms with Gasteiger partial charge in [-0.1, -0.05) is 0 Å². The van der Waals surface area contributed by atoms with Gasteiger partial charge in [0.2, 0.25) is 5.91 Å². The molecule has 0 radical (unpaired) electrons. The van der Waals surface area contributed by atoms with E-state index in [0.717, 1.165) is 38.1 Å². The Morgan fingerprint density at radius 2 is 2.08 bits per heavy atom. The van der Waals surface area contributed by atoms with Gasteiger partial charge in [0.05, 0.1) is 30.2 Å². The third-order valence-corrected chi connectivity index (χ3v) is 4.47. The van der Waals surface area contributed by atoms with Gasteiger partial charge < -0.3 is 20.3 Å². The summed E-state index contributed by atoms with van der Waals surface area (Å²) in [5, 5.41) is 5.84. The molecule has 5 nitrogen and oxygen atoms in total. The maximum absolute atomic E-state index is 13.0. The highest BCUT2D eigenvalue weighted by atomic mass is 19.4. The molecule has 8 heteroatoms. The summed E-state index contributed by atoms with van der Waals surface area (Å²) < 4.78 is 44.4. The van der Waals surface area contributed by atoms with Gasteiger partial charge in [0.25, 0.3) is 0 Å². The number of morpholine rings is 1. The first-order valence-corrected chi connectivity index (χ1v) is 8.50. The van der Waals surface area contributed by atoms with E-state index in [9.17, 15) is 18.0 Å². The van der Waals surface area contributed by atoms with Crippen molar-refractivity contribution in [3.05, 3.63) is 23.8 Å². The van der Waals surface area contributed by atoms with Crippen molar-refractivity contribution in [2.24, 2.45) is 0 Å². The van der Waals surface area contributed by atoms with Crippen LogP contribution in [0.5, 0.6) is 0 Å². The number of alkyl halides is 3. The number of nitrogens with zero attached hydrogens (tertiary/aromatic N) is 1. The quantitative estimate of drug-likeness (QED) is 0.870. The highest BCUT2D eigenvalue weighted by molar-refractivity contribution is 5.95. The second-order valence-electron chi connectivity index (χ2n) is 6.40. The van der Waals surface area contributed by atoms with Crippen LogP contribution in [-0.2, 0) is 15.7 Å². The Bertz CT molecular complexity index is 610. The van der Waals surface area contributed by atoms with E-state index in [0.29, 0.717) is 25.4 Å². The van der Waals surface area contributed by atoms with Crippen molar-refractivity contribution < 1.29 is 22.7 Å². The maximum atomic E-state index is 13.0. The fraction of sp³-hybridized carbons (Fsp3) is 0.588. The topological polar surface area (TPSA) is 53.6 Å². The summed E-state index contributed by atoms with van der Waals surface area (Å²) in [6, 6.07) is 3.43. The van der Waals surface area contributed by atoms with Crippen LogP contribution >= 0.6 is 0 Å². The number of rotatable bonds is 4. The fourth-order valence-corrected chi connectivity index (χ4v) is 3.22. The number of benzene rings is 1. The van der Waals surface area contributed by atoms with E-state index in [-0.39, 0.29) is 24.1 Å². The number of carbonyl (C=O) groups excluding carboxylic acids is 1. The summed E-state index contributed by atoms with van der Waals surface area (Å²) in [4.78, 5) is 14.3. The van der Waals surface area contributed by atoms with Gasteiger partial charge in [0.15, 0.2) is 0 Å². The Balaban J connectivity index is 1.77. The largest absolute Gasteiger partial charge is 0.416 e. The van der Waals surface area contributed by atoms with Crippen LogP contribution in [0.3, 0.4) is 0 Å². The summed E-state index contributed by atoms with van der Waals surface area (Å²) in [5.74, 6) is -0.317. The van der Waals surface area contributed by atoms with Crippen molar-refractivity contribution in [2.75, 3.05) is 43.1 Å². The Kier molecular flexibility index (Phi) is 5.48. The minimum Gasteiger partial charge on any atom is -0.378 e. The number of halogens is 3. The number of nitrogens with one attached hydrogen (secondary N) is 2. The number of hydrogen-bond donors (Lipinski definition) is 2. The summed E-state index contributed by atoms with van der Waals surface area (Å²) in [6.07, 6.45) is -2.28. The third kappa shape index (κ3) is 4.64. The van der Waals surface area contributed by atoms with Crippen LogP contribution in [-0.4, -0.2) is 44.8 Å².